The summed E-state index contributed by atoms with van der Waals surface area (Å²) < 4.78 is 56.0. The first-order chi connectivity index (χ1) is 16.0. The molecule has 1 aliphatic carbocycles. The van der Waals surface area contributed by atoms with Gasteiger partial charge in [-0.15, -0.1) is 0 Å². The summed E-state index contributed by atoms with van der Waals surface area (Å²) in [6, 6.07) is 3.54. The van der Waals surface area contributed by atoms with E-state index in [-0.39, 0.29) is 22.3 Å². The van der Waals surface area contributed by atoms with Crippen LogP contribution in [0.15, 0.2) is 42.9 Å². The van der Waals surface area contributed by atoms with Gasteiger partial charge < -0.3 is 10.2 Å². The van der Waals surface area contributed by atoms with Gasteiger partial charge in [-0.2, -0.15) is 13.2 Å². The van der Waals surface area contributed by atoms with Crippen molar-refractivity contribution in [2.24, 2.45) is 0 Å². The van der Waals surface area contributed by atoms with E-state index in [1.807, 2.05) is 0 Å². The minimum Gasteiger partial charge on any atom is -0.380 e. The second kappa shape index (κ2) is 9.17. The number of amides is 1. The number of pyridine rings is 1. The highest BCUT2D eigenvalue weighted by molar-refractivity contribution is 6.30. The van der Waals surface area contributed by atoms with Gasteiger partial charge in [-0.05, 0) is 49.1 Å². The normalized spacial score (nSPS) is 16.1. The van der Waals surface area contributed by atoms with Crippen molar-refractivity contribution >= 4 is 23.2 Å². The topological polar surface area (TPSA) is 71.0 Å². The van der Waals surface area contributed by atoms with Crippen molar-refractivity contribution in [1.29, 1.82) is 0 Å². The van der Waals surface area contributed by atoms with Gasteiger partial charge in [0.2, 0.25) is 0 Å². The van der Waals surface area contributed by atoms with Crippen molar-refractivity contribution in [3.63, 3.8) is 0 Å². The number of hydrogen-bond donors (Lipinski definition) is 1. The number of rotatable bonds is 5. The number of nitrogens with zero attached hydrogens (tertiary/aromatic N) is 4. The van der Waals surface area contributed by atoms with E-state index in [1.54, 1.807) is 13.0 Å². The Labute approximate surface area is 198 Å². The first-order valence-corrected chi connectivity index (χ1v) is 10.7. The maximum atomic E-state index is 14.2. The van der Waals surface area contributed by atoms with Crippen LogP contribution in [-0.2, 0) is 12.8 Å². The van der Waals surface area contributed by atoms with Crippen molar-refractivity contribution in [3.05, 3.63) is 81.9 Å². The molecule has 2 heterocycles. The SMILES string of the molecule is Cc1ncc(C(=O)N(C)[C@@H](c2ccc(NC3Cc4ccc(Cl)c(F)c4C3)cn2)C(F)(F)F)cn1. The van der Waals surface area contributed by atoms with E-state index >= 15 is 0 Å². The van der Waals surface area contributed by atoms with Gasteiger partial charge in [0, 0.05) is 25.5 Å². The van der Waals surface area contributed by atoms with Crippen LogP contribution in [0, 0.1) is 12.7 Å². The van der Waals surface area contributed by atoms with Gasteiger partial charge >= 0.3 is 6.18 Å². The summed E-state index contributed by atoms with van der Waals surface area (Å²) >= 11 is 5.85. The van der Waals surface area contributed by atoms with Crippen LogP contribution in [-0.4, -0.2) is 45.0 Å². The number of fused-ring (bicyclic) bond motifs is 1. The highest BCUT2D eigenvalue weighted by Gasteiger charge is 2.46. The average molecular weight is 494 g/mol. The number of benzene rings is 1. The molecule has 1 amide bonds. The molecule has 34 heavy (non-hydrogen) atoms. The lowest BCUT2D eigenvalue weighted by atomic mass is 10.1. The Hall–Kier alpha value is -3.27. The van der Waals surface area contributed by atoms with Gasteiger partial charge in [0.05, 0.1) is 28.2 Å². The lowest BCUT2D eigenvalue weighted by Gasteiger charge is -2.29. The Morgan fingerprint density at radius 3 is 2.44 bits per heavy atom. The van der Waals surface area contributed by atoms with Crippen LogP contribution in [0.1, 0.15) is 39.0 Å². The minimum absolute atomic E-state index is 0.0551. The Kier molecular flexibility index (Phi) is 6.44. The van der Waals surface area contributed by atoms with Crippen molar-refractivity contribution in [3.8, 4) is 0 Å². The Bertz CT molecular complexity index is 1200. The summed E-state index contributed by atoms with van der Waals surface area (Å²) in [7, 11) is 1.06. The number of halogens is 5. The van der Waals surface area contributed by atoms with E-state index in [2.05, 4.69) is 20.3 Å². The number of anilines is 1. The van der Waals surface area contributed by atoms with E-state index in [4.69, 9.17) is 11.6 Å². The summed E-state index contributed by atoms with van der Waals surface area (Å²) in [6.07, 6.45) is -0.179. The van der Waals surface area contributed by atoms with Crippen LogP contribution in [0.4, 0.5) is 23.2 Å². The first-order valence-electron chi connectivity index (χ1n) is 10.4. The number of carbonyl (C=O) groups excluding carboxylic acids is 1. The van der Waals surface area contributed by atoms with Crippen LogP contribution in [0.3, 0.4) is 0 Å². The largest absolute Gasteiger partial charge is 0.414 e. The van der Waals surface area contributed by atoms with Crippen molar-refractivity contribution < 1.29 is 22.4 Å². The van der Waals surface area contributed by atoms with E-state index in [0.29, 0.717) is 34.8 Å². The molecule has 0 aliphatic heterocycles. The zero-order chi connectivity index (χ0) is 24.6. The molecule has 2 aromatic heterocycles. The molecule has 0 saturated carbocycles. The molecule has 0 radical (unpaired) electrons. The summed E-state index contributed by atoms with van der Waals surface area (Å²) in [5.41, 5.74) is 1.45. The monoisotopic (exact) mass is 493 g/mol. The molecular weight excluding hydrogens is 474 g/mol. The Morgan fingerprint density at radius 1 is 1.12 bits per heavy atom. The number of hydrogen-bond acceptors (Lipinski definition) is 5. The maximum absolute atomic E-state index is 14.2. The third-order valence-electron chi connectivity index (χ3n) is 5.69. The molecule has 1 aromatic carbocycles. The number of aryl methyl sites for hydroxylation is 1. The van der Waals surface area contributed by atoms with Crippen molar-refractivity contribution in [1.82, 2.24) is 19.9 Å². The third kappa shape index (κ3) is 4.82. The van der Waals surface area contributed by atoms with Gasteiger partial charge in [0.1, 0.15) is 11.6 Å². The van der Waals surface area contributed by atoms with Crippen LogP contribution in [0.2, 0.25) is 5.02 Å². The quantitative estimate of drug-likeness (QED) is 0.510. The molecule has 0 spiro atoms. The molecule has 178 valence electrons. The Morgan fingerprint density at radius 2 is 1.82 bits per heavy atom. The predicted octanol–water partition coefficient (Wildman–Crippen LogP) is 4.93. The molecule has 3 aromatic rings. The second-order valence-electron chi connectivity index (χ2n) is 8.10. The fraction of sp³-hybridized carbons (Fsp3) is 0.304. The fourth-order valence-corrected chi connectivity index (χ4v) is 4.21. The molecule has 0 bridgehead atoms. The molecule has 1 unspecified atom stereocenters. The second-order valence-corrected chi connectivity index (χ2v) is 8.51. The molecule has 0 fully saturated rings. The molecule has 6 nitrogen and oxygen atoms in total. The van der Waals surface area contributed by atoms with Gasteiger partial charge in [-0.25, -0.2) is 14.4 Å². The van der Waals surface area contributed by atoms with Gasteiger partial charge in [0.25, 0.3) is 5.91 Å². The number of aromatic nitrogens is 3. The highest BCUT2D eigenvalue weighted by Crippen LogP contribution is 2.37. The van der Waals surface area contributed by atoms with Crippen LogP contribution < -0.4 is 5.32 Å². The van der Waals surface area contributed by atoms with Gasteiger partial charge in [0.15, 0.2) is 6.04 Å². The lowest BCUT2D eigenvalue weighted by Crippen LogP contribution is -2.40. The fourth-order valence-electron chi connectivity index (χ4n) is 4.03. The van der Waals surface area contributed by atoms with Crippen molar-refractivity contribution in [2.45, 2.75) is 38.0 Å². The number of nitrogens with one attached hydrogen (secondary N) is 1. The number of alkyl halides is 3. The summed E-state index contributed by atoms with van der Waals surface area (Å²) in [6.45, 7) is 1.60. The predicted molar refractivity (Wildman–Crippen MR) is 118 cm³/mol. The van der Waals surface area contributed by atoms with E-state index in [9.17, 15) is 22.4 Å². The van der Waals surface area contributed by atoms with Crippen LogP contribution >= 0.6 is 11.6 Å². The Balaban J connectivity index is 1.50. The minimum atomic E-state index is -4.76. The summed E-state index contributed by atoms with van der Waals surface area (Å²) in [5.74, 6) is -0.931. The highest BCUT2D eigenvalue weighted by atomic mass is 35.5. The lowest BCUT2D eigenvalue weighted by molar-refractivity contribution is -0.177. The average Bonchev–Trinajstić information content (AvgIpc) is 3.20. The van der Waals surface area contributed by atoms with Crippen LogP contribution in [0.5, 0.6) is 0 Å². The smallest absolute Gasteiger partial charge is 0.380 e. The zero-order valence-corrected chi connectivity index (χ0v) is 19.0. The molecule has 11 heteroatoms. The molecule has 1 aliphatic rings. The maximum Gasteiger partial charge on any atom is 0.414 e. The van der Waals surface area contributed by atoms with Crippen molar-refractivity contribution in [2.75, 3.05) is 12.4 Å². The number of carbonyl (C=O) groups is 1. The molecule has 2 atom stereocenters. The summed E-state index contributed by atoms with van der Waals surface area (Å²) in [5, 5.41) is 3.23. The molecular formula is C23H20ClF4N5O. The van der Waals surface area contributed by atoms with Gasteiger partial charge in [-0.3, -0.25) is 9.78 Å². The van der Waals surface area contributed by atoms with Gasteiger partial charge in [-0.1, -0.05) is 17.7 Å². The zero-order valence-electron chi connectivity index (χ0n) is 18.2. The molecule has 1 N–H and O–H groups in total. The molecule has 4 rings (SSSR count). The van der Waals surface area contributed by atoms with E-state index in [1.165, 1.54) is 36.8 Å². The standard InChI is InChI=1S/C23H20ClF4N5O/c1-12-29-9-14(10-30-12)22(34)33(2)21(23(26,27)28)19-6-4-15(11-31-19)32-16-7-13-3-5-18(24)20(25)17(13)8-16/h3-6,9-11,16,21,32H,7-8H2,1-2H3/t16?,21-/m0/s1. The third-order valence-corrected chi connectivity index (χ3v) is 5.98. The van der Waals surface area contributed by atoms with E-state index in [0.717, 1.165) is 12.6 Å². The van der Waals surface area contributed by atoms with E-state index < -0.39 is 23.9 Å². The molecule has 0 saturated heterocycles. The summed E-state index contributed by atoms with van der Waals surface area (Å²) in [4.78, 5) is 24.9. The first kappa shape index (κ1) is 23.9. The van der Waals surface area contributed by atoms with Crippen LogP contribution in [0.25, 0.3) is 0 Å².